The van der Waals surface area contributed by atoms with Crippen molar-refractivity contribution in [2.45, 2.75) is 26.8 Å². The maximum atomic E-state index is 11.9. The lowest BCUT2D eigenvalue weighted by atomic mass is 10.0. The van der Waals surface area contributed by atoms with Gasteiger partial charge in [0.2, 0.25) is 5.91 Å². The Bertz CT molecular complexity index is 431. The Morgan fingerprint density at radius 1 is 1.35 bits per heavy atom. The average Bonchev–Trinajstić information content (AvgIpc) is 2.41. The summed E-state index contributed by atoms with van der Waals surface area (Å²) in [5.41, 5.74) is 1.66. The van der Waals surface area contributed by atoms with E-state index in [9.17, 15) is 4.79 Å². The van der Waals surface area contributed by atoms with E-state index in [0.29, 0.717) is 12.4 Å². The topological polar surface area (TPSA) is 50.4 Å². The summed E-state index contributed by atoms with van der Waals surface area (Å²) in [7, 11) is 0. The van der Waals surface area contributed by atoms with Crippen LogP contribution in [-0.2, 0) is 4.79 Å². The first-order valence-electron chi connectivity index (χ1n) is 5.96. The van der Waals surface area contributed by atoms with Crippen LogP contribution in [-0.4, -0.2) is 18.6 Å². The SMILES string of the molecule is CCOc1cccc2c1NC(=O)C(C)C(C)N2. The van der Waals surface area contributed by atoms with Crippen LogP contribution in [0.1, 0.15) is 20.8 Å². The van der Waals surface area contributed by atoms with E-state index < -0.39 is 0 Å². The molecule has 92 valence electrons. The molecule has 0 saturated heterocycles. The number of para-hydroxylation sites is 1. The van der Waals surface area contributed by atoms with E-state index >= 15 is 0 Å². The molecule has 0 aromatic heterocycles. The molecular formula is C13H18N2O2. The Morgan fingerprint density at radius 3 is 2.82 bits per heavy atom. The van der Waals surface area contributed by atoms with Gasteiger partial charge in [-0.05, 0) is 26.0 Å². The van der Waals surface area contributed by atoms with E-state index in [1.54, 1.807) is 0 Å². The molecule has 1 aliphatic rings. The molecule has 2 rings (SSSR count). The van der Waals surface area contributed by atoms with Crippen molar-refractivity contribution >= 4 is 17.3 Å². The molecule has 0 spiro atoms. The summed E-state index contributed by atoms with van der Waals surface area (Å²) >= 11 is 0. The van der Waals surface area contributed by atoms with E-state index in [1.807, 2.05) is 39.0 Å². The quantitative estimate of drug-likeness (QED) is 0.826. The maximum Gasteiger partial charge on any atom is 0.229 e. The van der Waals surface area contributed by atoms with Crippen LogP contribution in [0.4, 0.5) is 11.4 Å². The Balaban J connectivity index is 2.42. The molecule has 17 heavy (non-hydrogen) atoms. The molecule has 0 bridgehead atoms. The van der Waals surface area contributed by atoms with Gasteiger partial charge in [-0.3, -0.25) is 4.79 Å². The molecule has 1 amide bonds. The normalized spacial score (nSPS) is 23.1. The van der Waals surface area contributed by atoms with Crippen molar-refractivity contribution in [3.05, 3.63) is 18.2 Å². The van der Waals surface area contributed by atoms with Crippen molar-refractivity contribution in [1.29, 1.82) is 0 Å². The molecule has 0 fully saturated rings. The standard InChI is InChI=1S/C13H18N2O2/c1-4-17-11-7-5-6-10-12(11)15-13(16)8(2)9(3)14-10/h5-9,14H,4H2,1-3H3,(H,15,16). The van der Waals surface area contributed by atoms with Gasteiger partial charge in [-0.15, -0.1) is 0 Å². The summed E-state index contributed by atoms with van der Waals surface area (Å²) in [5, 5.41) is 6.27. The van der Waals surface area contributed by atoms with E-state index in [4.69, 9.17) is 4.74 Å². The lowest BCUT2D eigenvalue weighted by Gasteiger charge is -2.16. The zero-order chi connectivity index (χ0) is 12.4. The first-order valence-corrected chi connectivity index (χ1v) is 5.96. The minimum Gasteiger partial charge on any atom is -0.492 e. The van der Waals surface area contributed by atoms with Gasteiger partial charge in [-0.25, -0.2) is 0 Å². The van der Waals surface area contributed by atoms with Gasteiger partial charge in [0.05, 0.1) is 18.2 Å². The predicted molar refractivity (Wildman–Crippen MR) is 68.5 cm³/mol. The highest BCUT2D eigenvalue weighted by Gasteiger charge is 2.26. The summed E-state index contributed by atoms with van der Waals surface area (Å²) in [6.45, 7) is 6.43. The van der Waals surface area contributed by atoms with Gasteiger partial charge in [0, 0.05) is 6.04 Å². The van der Waals surface area contributed by atoms with Gasteiger partial charge in [0.15, 0.2) is 0 Å². The van der Waals surface area contributed by atoms with Gasteiger partial charge in [0.25, 0.3) is 0 Å². The van der Waals surface area contributed by atoms with Crippen molar-refractivity contribution in [1.82, 2.24) is 0 Å². The van der Waals surface area contributed by atoms with E-state index in [0.717, 1.165) is 11.4 Å². The van der Waals surface area contributed by atoms with Crippen LogP contribution in [0.15, 0.2) is 18.2 Å². The van der Waals surface area contributed by atoms with Gasteiger partial charge in [-0.2, -0.15) is 0 Å². The Hall–Kier alpha value is -1.71. The Morgan fingerprint density at radius 2 is 2.12 bits per heavy atom. The van der Waals surface area contributed by atoms with E-state index in [1.165, 1.54) is 0 Å². The van der Waals surface area contributed by atoms with Crippen LogP contribution in [0.25, 0.3) is 0 Å². The fourth-order valence-corrected chi connectivity index (χ4v) is 1.89. The molecule has 1 aliphatic heterocycles. The number of hydrogen-bond donors (Lipinski definition) is 2. The molecule has 1 aromatic carbocycles. The summed E-state index contributed by atoms with van der Waals surface area (Å²) in [6, 6.07) is 5.84. The number of rotatable bonds is 2. The number of hydrogen-bond acceptors (Lipinski definition) is 3. The molecule has 2 N–H and O–H groups in total. The molecule has 4 nitrogen and oxygen atoms in total. The second-order valence-electron chi connectivity index (χ2n) is 4.32. The summed E-state index contributed by atoms with van der Waals surface area (Å²) in [5.74, 6) is 0.667. The van der Waals surface area contributed by atoms with Crippen molar-refractivity contribution in [3.8, 4) is 5.75 Å². The Labute approximate surface area is 101 Å². The number of amides is 1. The number of carbonyl (C=O) groups excluding carboxylic acids is 1. The highest BCUT2D eigenvalue weighted by atomic mass is 16.5. The predicted octanol–water partition coefficient (Wildman–Crippen LogP) is 2.47. The zero-order valence-corrected chi connectivity index (χ0v) is 10.4. The second-order valence-corrected chi connectivity index (χ2v) is 4.32. The fourth-order valence-electron chi connectivity index (χ4n) is 1.89. The van der Waals surface area contributed by atoms with Gasteiger partial charge >= 0.3 is 0 Å². The number of carbonyl (C=O) groups is 1. The highest BCUT2D eigenvalue weighted by molar-refractivity contribution is 5.99. The van der Waals surface area contributed by atoms with Crippen molar-refractivity contribution in [3.63, 3.8) is 0 Å². The van der Waals surface area contributed by atoms with Crippen molar-refractivity contribution in [2.24, 2.45) is 5.92 Å². The molecule has 1 aromatic rings. The van der Waals surface area contributed by atoms with Crippen molar-refractivity contribution in [2.75, 3.05) is 17.2 Å². The largest absolute Gasteiger partial charge is 0.492 e. The van der Waals surface area contributed by atoms with Crippen LogP contribution in [0.5, 0.6) is 5.75 Å². The van der Waals surface area contributed by atoms with Crippen LogP contribution in [0.3, 0.4) is 0 Å². The molecule has 4 heteroatoms. The van der Waals surface area contributed by atoms with E-state index in [-0.39, 0.29) is 17.9 Å². The van der Waals surface area contributed by atoms with Crippen LogP contribution in [0.2, 0.25) is 0 Å². The Kier molecular flexibility index (Phi) is 3.22. The molecular weight excluding hydrogens is 216 g/mol. The average molecular weight is 234 g/mol. The molecule has 1 heterocycles. The second kappa shape index (κ2) is 4.65. The van der Waals surface area contributed by atoms with Crippen molar-refractivity contribution < 1.29 is 9.53 Å². The first-order chi connectivity index (χ1) is 8.13. The summed E-state index contributed by atoms with van der Waals surface area (Å²) in [4.78, 5) is 11.9. The molecule has 0 aliphatic carbocycles. The third-order valence-electron chi connectivity index (χ3n) is 3.12. The van der Waals surface area contributed by atoms with E-state index in [2.05, 4.69) is 10.6 Å². The minimum atomic E-state index is -0.0723. The zero-order valence-electron chi connectivity index (χ0n) is 10.4. The summed E-state index contributed by atoms with van der Waals surface area (Å²) < 4.78 is 5.52. The minimum absolute atomic E-state index is 0.0240. The van der Waals surface area contributed by atoms with Crippen LogP contribution < -0.4 is 15.4 Å². The lowest BCUT2D eigenvalue weighted by Crippen LogP contribution is -2.30. The molecule has 0 saturated carbocycles. The third-order valence-corrected chi connectivity index (χ3v) is 3.12. The van der Waals surface area contributed by atoms with Crippen LogP contribution >= 0.6 is 0 Å². The highest BCUT2D eigenvalue weighted by Crippen LogP contribution is 2.36. The number of anilines is 2. The monoisotopic (exact) mass is 234 g/mol. The molecule has 2 unspecified atom stereocenters. The van der Waals surface area contributed by atoms with Crippen LogP contribution in [0, 0.1) is 5.92 Å². The summed E-state index contributed by atoms with van der Waals surface area (Å²) in [6.07, 6.45) is 0. The lowest BCUT2D eigenvalue weighted by molar-refractivity contribution is -0.119. The molecule has 0 radical (unpaired) electrons. The maximum absolute atomic E-state index is 11.9. The number of nitrogens with one attached hydrogen (secondary N) is 2. The number of fused-ring (bicyclic) bond motifs is 1. The first kappa shape index (κ1) is 11.8. The van der Waals surface area contributed by atoms with Gasteiger partial charge in [0.1, 0.15) is 11.4 Å². The fraction of sp³-hybridized carbons (Fsp3) is 0.462. The smallest absolute Gasteiger partial charge is 0.229 e. The number of benzene rings is 1. The number of ether oxygens (including phenoxy) is 1. The molecule has 2 atom stereocenters. The van der Waals surface area contributed by atoms with Gasteiger partial charge in [-0.1, -0.05) is 13.0 Å². The third kappa shape index (κ3) is 2.20. The van der Waals surface area contributed by atoms with Gasteiger partial charge < -0.3 is 15.4 Å².